The zero-order chi connectivity index (χ0) is 27.5. The molecule has 0 N–H and O–H groups in total. The summed E-state index contributed by atoms with van der Waals surface area (Å²) in [4.78, 5) is 47.2. The number of esters is 3. The van der Waals surface area contributed by atoms with Gasteiger partial charge in [0.15, 0.2) is 5.78 Å². The number of carbonyl (C=O) groups excluding carboxylic acids is 4. The van der Waals surface area contributed by atoms with E-state index in [4.69, 9.17) is 14.2 Å². The molecule has 1 atom stereocenters. The Morgan fingerprint density at radius 2 is 1.27 bits per heavy atom. The first kappa shape index (κ1) is 32.1. The number of ketones is 1. The van der Waals surface area contributed by atoms with E-state index in [9.17, 15) is 19.2 Å². The van der Waals surface area contributed by atoms with Crippen molar-refractivity contribution < 1.29 is 33.4 Å². The highest BCUT2D eigenvalue weighted by molar-refractivity contribution is 6.02. The lowest BCUT2D eigenvalue weighted by Crippen LogP contribution is -2.16. The topological polar surface area (TPSA) is 96.0 Å². The Balaban J connectivity index is 2.52. The number of Topliss-reactive ketones (excluding diaryl/α,β-unsaturated/α-hetero) is 1. The molecular weight excluding hydrogens is 472 g/mol. The van der Waals surface area contributed by atoms with Gasteiger partial charge >= 0.3 is 17.9 Å². The molecule has 0 unspecified atom stereocenters. The summed E-state index contributed by atoms with van der Waals surface area (Å²) in [5.74, 6) is -1.53. The number of unbranched alkanes of at least 4 members (excludes halogenated alkanes) is 7. The van der Waals surface area contributed by atoms with Gasteiger partial charge in [-0.2, -0.15) is 0 Å². The molecule has 0 bridgehead atoms. The lowest BCUT2D eigenvalue weighted by molar-refractivity contribution is -0.147. The summed E-state index contributed by atoms with van der Waals surface area (Å²) in [5, 5.41) is 0. The molecule has 0 heterocycles. The van der Waals surface area contributed by atoms with E-state index in [-0.39, 0.29) is 41.3 Å². The lowest BCUT2D eigenvalue weighted by atomic mass is 10.0. The Labute approximate surface area is 221 Å². The minimum absolute atomic E-state index is 0.0745. The Morgan fingerprint density at radius 1 is 0.730 bits per heavy atom. The standard InChI is InChI=1S/C30H44O7/c1-5-6-7-8-9-10-11-14-18-26(35-23(2)31)19-15-12-13-16-20-27(34)30-28(36-24(3)32)21-17-22-29(30)37-25(4)33/h12-13,17,21-22,26H,5-11,14-16,18-20H2,1-4H3/b13-12-/t26-/m1/s1. The average Bonchev–Trinajstić information content (AvgIpc) is 2.81. The molecule has 206 valence electrons. The van der Waals surface area contributed by atoms with E-state index in [1.807, 2.05) is 12.2 Å². The quantitative estimate of drug-likeness (QED) is 0.0626. The second-order valence-electron chi connectivity index (χ2n) is 9.32. The molecule has 7 nitrogen and oxygen atoms in total. The Kier molecular flexibility index (Phi) is 16.6. The fourth-order valence-corrected chi connectivity index (χ4v) is 4.13. The van der Waals surface area contributed by atoms with Gasteiger partial charge in [-0.1, -0.05) is 70.1 Å². The number of rotatable bonds is 19. The monoisotopic (exact) mass is 516 g/mol. The van der Waals surface area contributed by atoms with Crippen LogP contribution in [0.25, 0.3) is 0 Å². The summed E-state index contributed by atoms with van der Waals surface area (Å²) in [5.41, 5.74) is 0.0848. The van der Waals surface area contributed by atoms with E-state index >= 15 is 0 Å². The van der Waals surface area contributed by atoms with Crippen molar-refractivity contribution in [1.82, 2.24) is 0 Å². The first-order valence-electron chi connectivity index (χ1n) is 13.6. The van der Waals surface area contributed by atoms with Crippen molar-refractivity contribution in [3.63, 3.8) is 0 Å². The third-order valence-corrected chi connectivity index (χ3v) is 5.85. The molecule has 0 aliphatic heterocycles. The maximum absolute atomic E-state index is 12.9. The molecule has 1 aromatic carbocycles. The van der Waals surface area contributed by atoms with Gasteiger partial charge in [0.05, 0.1) is 0 Å². The molecule has 0 saturated heterocycles. The molecule has 1 aromatic rings. The Hall–Kier alpha value is -2.96. The number of carbonyl (C=O) groups is 4. The molecule has 7 heteroatoms. The van der Waals surface area contributed by atoms with E-state index in [1.165, 1.54) is 71.4 Å². The molecule has 0 radical (unpaired) electrons. The van der Waals surface area contributed by atoms with Crippen LogP contribution in [-0.4, -0.2) is 29.8 Å². The summed E-state index contributed by atoms with van der Waals surface area (Å²) in [7, 11) is 0. The van der Waals surface area contributed by atoms with Crippen molar-refractivity contribution in [1.29, 1.82) is 0 Å². The van der Waals surface area contributed by atoms with E-state index in [0.29, 0.717) is 6.42 Å². The number of hydrogen-bond acceptors (Lipinski definition) is 7. The lowest BCUT2D eigenvalue weighted by Gasteiger charge is -2.16. The second kappa shape index (κ2) is 19.2. The molecule has 1 rings (SSSR count). The second-order valence-corrected chi connectivity index (χ2v) is 9.32. The van der Waals surface area contributed by atoms with E-state index in [0.717, 1.165) is 32.1 Å². The maximum Gasteiger partial charge on any atom is 0.308 e. The number of hydrogen-bond donors (Lipinski definition) is 0. The molecule has 0 aliphatic carbocycles. The first-order chi connectivity index (χ1) is 17.7. The van der Waals surface area contributed by atoms with Crippen molar-refractivity contribution in [2.75, 3.05) is 0 Å². The minimum Gasteiger partial charge on any atom is -0.463 e. The molecule has 0 aliphatic rings. The van der Waals surface area contributed by atoms with Gasteiger partial charge in [0.25, 0.3) is 0 Å². The highest BCUT2D eigenvalue weighted by Gasteiger charge is 2.20. The smallest absolute Gasteiger partial charge is 0.308 e. The summed E-state index contributed by atoms with van der Waals surface area (Å²) >= 11 is 0. The first-order valence-corrected chi connectivity index (χ1v) is 13.6. The van der Waals surface area contributed by atoms with Gasteiger partial charge < -0.3 is 14.2 Å². The normalized spacial score (nSPS) is 11.8. The van der Waals surface area contributed by atoms with Crippen molar-refractivity contribution >= 4 is 23.7 Å². The van der Waals surface area contributed by atoms with Crippen LogP contribution in [0.4, 0.5) is 0 Å². The van der Waals surface area contributed by atoms with Crippen LogP contribution in [0.2, 0.25) is 0 Å². The van der Waals surface area contributed by atoms with Crippen LogP contribution < -0.4 is 9.47 Å². The molecular formula is C30H44O7. The van der Waals surface area contributed by atoms with Crippen LogP contribution >= 0.6 is 0 Å². The Bertz CT molecular complexity index is 854. The van der Waals surface area contributed by atoms with Crippen molar-refractivity contribution in [3.8, 4) is 11.5 Å². The van der Waals surface area contributed by atoms with Crippen LogP contribution in [-0.2, 0) is 19.1 Å². The van der Waals surface area contributed by atoms with Gasteiger partial charge in [-0.05, 0) is 44.2 Å². The molecule has 0 aromatic heterocycles. The zero-order valence-corrected chi connectivity index (χ0v) is 23.0. The number of benzene rings is 1. The molecule has 37 heavy (non-hydrogen) atoms. The average molecular weight is 517 g/mol. The van der Waals surface area contributed by atoms with E-state index < -0.39 is 11.9 Å². The van der Waals surface area contributed by atoms with Gasteiger partial charge in [-0.3, -0.25) is 19.2 Å². The SMILES string of the molecule is CCCCCCCCCC[C@H](CC/C=C\CCC(=O)c1c(OC(C)=O)cccc1OC(C)=O)OC(C)=O. The highest BCUT2D eigenvalue weighted by atomic mass is 16.5. The van der Waals surface area contributed by atoms with Crippen LogP contribution in [0, 0.1) is 0 Å². The van der Waals surface area contributed by atoms with Gasteiger partial charge in [-0.15, -0.1) is 0 Å². The van der Waals surface area contributed by atoms with Gasteiger partial charge in [0.2, 0.25) is 0 Å². The minimum atomic E-state index is -0.566. The van der Waals surface area contributed by atoms with Crippen molar-refractivity contribution in [2.24, 2.45) is 0 Å². The zero-order valence-electron chi connectivity index (χ0n) is 23.0. The number of allylic oxidation sites excluding steroid dienone is 2. The largest absolute Gasteiger partial charge is 0.463 e. The summed E-state index contributed by atoms with van der Waals surface area (Å²) in [6, 6.07) is 4.55. The third kappa shape index (κ3) is 15.0. The predicted octanol–water partition coefficient (Wildman–Crippen LogP) is 7.30. The van der Waals surface area contributed by atoms with Crippen LogP contribution in [0.3, 0.4) is 0 Å². The molecule has 0 saturated carbocycles. The summed E-state index contributed by atoms with van der Waals surface area (Å²) < 4.78 is 15.8. The van der Waals surface area contributed by atoms with E-state index in [2.05, 4.69) is 6.92 Å². The van der Waals surface area contributed by atoms with Crippen LogP contribution in [0.1, 0.15) is 122 Å². The molecule has 0 fully saturated rings. The van der Waals surface area contributed by atoms with Gasteiger partial charge in [-0.25, -0.2) is 0 Å². The summed E-state index contributed by atoms with van der Waals surface area (Å²) in [6.07, 6.45) is 16.7. The molecule has 0 spiro atoms. The maximum atomic E-state index is 12.9. The summed E-state index contributed by atoms with van der Waals surface area (Å²) in [6.45, 7) is 6.15. The van der Waals surface area contributed by atoms with Crippen molar-refractivity contribution in [3.05, 3.63) is 35.9 Å². The third-order valence-electron chi connectivity index (χ3n) is 5.85. The van der Waals surface area contributed by atoms with Gasteiger partial charge in [0.1, 0.15) is 23.2 Å². The van der Waals surface area contributed by atoms with Crippen LogP contribution in [0.5, 0.6) is 11.5 Å². The van der Waals surface area contributed by atoms with Gasteiger partial charge in [0, 0.05) is 27.2 Å². The number of ether oxygens (including phenoxy) is 3. The van der Waals surface area contributed by atoms with E-state index in [1.54, 1.807) is 6.07 Å². The highest BCUT2D eigenvalue weighted by Crippen LogP contribution is 2.31. The van der Waals surface area contributed by atoms with Crippen molar-refractivity contribution in [2.45, 2.75) is 117 Å². The van der Waals surface area contributed by atoms with Crippen LogP contribution in [0.15, 0.2) is 30.4 Å². The molecule has 0 amide bonds. The predicted molar refractivity (Wildman–Crippen MR) is 144 cm³/mol. The fraction of sp³-hybridized carbons (Fsp3) is 0.600. The Morgan fingerprint density at radius 3 is 1.81 bits per heavy atom. The fourth-order valence-electron chi connectivity index (χ4n) is 4.13.